The summed E-state index contributed by atoms with van der Waals surface area (Å²) in [5.74, 6) is 3.17. The zero-order valence-corrected chi connectivity index (χ0v) is 16.7. The molecule has 0 aliphatic carbocycles. The first-order valence-corrected chi connectivity index (χ1v) is 9.51. The highest BCUT2D eigenvalue weighted by Gasteiger charge is 2.21. The minimum Gasteiger partial charge on any atom is -0.494 e. The largest absolute Gasteiger partial charge is 0.494 e. The highest BCUT2D eigenvalue weighted by atomic mass is 16.5. The summed E-state index contributed by atoms with van der Waals surface area (Å²) >= 11 is 0. The number of nitrogens with one attached hydrogen (secondary N) is 2. The number of nitrogens with zero attached hydrogens (tertiary/aromatic N) is 1. The first kappa shape index (κ1) is 20.4. The standard InChI is InChI=1S/C20H33N3O3/c1-6-25-18-10-16-9-15(4)26-19(16)11-17(18)12-23-20(21-5)22-7-8-24-13-14(2)3/h10-11,14-15H,6-9,12-13H2,1-5H3,(H2,21,22,23). The molecule has 146 valence electrons. The first-order valence-electron chi connectivity index (χ1n) is 9.51. The van der Waals surface area contributed by atoms with Gasteiger partial charge in [0.25, 0.3) is 0 Å². The molecule has 1 unspecified atom stereocenters. The van der Waals surface area contributed by atoms with E-state index >= 15 is 0 Å². The van der Waals surface area contributed by atoms with Crippen molar-refractivity contribution in [1.29, 1.82) is 0 Å². The van der Waals surface area contributed by atoms with E-state index in [-0.39, 0.29) is 6.10 Å². The minimum atomic E-state index is 0.225. The van der Waals surface area contributed by atoms with Crippen LogP contribution < -0.4 is 20.1 Å². The summed E-state index contributed by atoms with van der Waals surface area (Å²) in [6.45, 7) is 11.8. The fraction of sp³-hybridized carbons (Fsp3) is 0.650. The Hall–Kier alpha value is -1.95. The molecule has 2 N–H and O–H groups in total. The number of hydrogen-bond donors (Lipinski definition) is 2. The molecule has 2 rings (SSSR count). The van der Waals surface area contributed by atoms with Crippen molar-refractivity contribution < 1.29 is 14.2 Å². The van der Waals surface area contributed by atoms with Gasteiger partial charge in [-0.1, -0.05) is 13.8 Å². The second-order valence-corrected chi connectivity index (χ2v) is 6.95. The maximum absolute atomic E-state index is 5.88. The molecule has 0 aromatic heterocycles. The number of fused-ring (bicyclic) bond motifs is 1. The van der Waals surface area contributed by atoms with Crippen LogP contribution in [0.4, 0.5) is 0 Å². The third-order valence-electron chi connectivity index (χ3n) is 4.04. The predicted octanol–water partition coefficient (Wildman–Crippen LogP) is 2.75. The van der Waals surface area contributed by atoms with Gasteiger partial charge in [0.15, 0.2) is 5.96 Å². The van der Waals surface area contributed by atoms with Gasteiger partial charge in [0.05, 0.1) is 13.2 Å². The number of ether oxygens (including phenoxy) is 3. The Bertz CT molecular complexity index is 602. The van der Waals surface area contributed by atoms with E-state index in [1.807, 2.05) is 6.92 Å². The van der Waals surface area contributed by atoms with Gasteiger partial charge in [0, 0.05) is 44.3 Å². The number of rotatable bonds is 9. The molecular formula is C20H33N3O3. The van der Waals surface area contributed by atoms with Crippen molar-refractivity contribution in [1.82, 2.24) is 10.6 Å². The number of aliphatic imine (C=N–C) groups is 1. The normalized spacial score (nSPS) is 16.4. The van der Waals surface area contributed by atoms with E-state index < -0.39 is 0 Å². The van der Waals surface area contributed by atoms with Crippen LogP contribution in [0.15, 0.2) is 17.1 Å². The fourth-order valence-corrected chi connectivity index (χ4v) is 2.87. The topological polar surface area (TPSA) is 64.1 Å². The molecule has 1 aromatic carbocycles. The fourth-order valence-electron chi connectivity index (χ4n) is 2.87. The van der Waals surface area contributed by atoms with E-state index in [4.69, 9.17) is 14.2 Å². The van der Waals surface area contributed by atoms with Gasteiger partial charge in [0.1, 0.15) is 17.6 Å². The summed E-state index contributed by atoms with van der Waals surface area (Å²) in [6, 6.07) is 4.19. The van der Waals surface area contributed by atoms with Crippen molar-refractivity contribution in [2.75, 3.05) is 33.4 Å². The lowest BCUT2D eigenvalue weighted by molar-refractivity contribution is 0.114. The SMILES string of the molecule is CCOc1cc2c(cc1CNC(=NC)NCCOCC(C)C)OC(C)C2. The maximum Gasteiger partial charge on any atom is 0.191 e. The van der Waals surface area contributed by atoms with Gasteiger partial charge < -0.3 is 24.8 Å². The molecule has 1 aromatic rings. The highest BCUT2D eigenvalue weighted by molar-refractivity contribution is 5.79. The molecule has 1 heterocycles. The quantitative estimate of drug-likeness (QED) is 0.401. The molecule has 0 fully saturated rings. The number of hydrogen-bond acceptors (Lipinski definition) is 4. The summed E-state index contributed by atoms with van der Waals surface area (Å²) in [6.07, 6.45) is 1.16. The van der Waals surface area contributed by atoms with Crippen LogP contribution in [0.2, 0.25) is 0 Å². The molecule has 1 aliphatic heterocycles. The van der Waals surface area contributed by atoms with Gasteiger partial charge in [-0.15, -0.1) is 0 Å². The highest BCUT2D eigenvalue weighted by Crippen LogP contribution is 2.35. The summed E-state index contributed by atoms with van der Waals surface area (Å²) in [5.41, 5.74) is 2.29. The molecule has 0 saturated carbocycles. The number of benzene rings is 1. The van der Waals surface area contributed by atoms with Gasteiger partial charge >= 0.3 is 0 Å². The van der Waals surface area contributed by atoms with E-state index in [2.05, 4.69) is 48.5 Å². The van der Waals surface area contributed by atoms with E-state index in [0.29, 0.717) is 25.7 Å². The molecule has 6 nitrogen and oxygen atoms in total. The van der Waals surface area contributed by atoms with Crippen LogP contribution in [0.1, 0.15) is 38.8 Å². The van der Waals surface area contributed by atoms with E-state index in [0.717, 1.165) is 42.6 Å². The molecule has 1 atom stereocenters. The van der Waals surface area contributed by atoms with E-state index in [9.17, 15) is 0 Å². The van der Waals surface area contributed by atoms with Crippen molar-refractivity contribution in [2.24, 2.45) is 10.9 Å². The lowest BCUT2D eigenvalue weighted by Crippen LogP contribution is -2.38. The van der Waals surface area contributed by atoms with Crippen LogP contribution in [0, 0.1) is 5.92 Å². The Morgan fingerprint density at radius 2 is 2.15 bits per heavy atom. The van der Waals surface area contributed by atoms with Crippen LogP contribution >= 0.6 is 0 Å². The average Bonchev–Trinajstić information content (AvgIpc) is 2.96. The van der Waals surface area contributed by atoms with Crippen LogP contribution in [0.25, 0.3) is 0 Å². The smallest absolute Gasteiger partial charge is 0.191 e. The Kier molecular flexibility index (Phi) is 8.04. The van der Waals surface area contributed by atoms with Crippen molar-refractivity contribution in [3.63, 3.8) is 0 Å². The van der Waals surface area contributed by atoms with E-state index in [1.165, 1.54) is 5.56 Å². The molecule has 0 saturated heterocycles. The molecule has 26 heavy (non-hydrogen) atoms. The summed E-state index contributed by atoms with van der Waals surface area (Å²) in [7, 11) is 1.77. The molecule has 0 amide bonds. The van der Waals surface area contributed by atoms with Gasteiger partial charge in [0.2, 0.25) is 0 Å². The second kappa shape index (κ2) is 10.3. The van der Waals surface area contributed by atoms with E-state index in [1.54, 1.807) is 7.05 Å². The molecule has 0 spiro atoms. The van der Waals surface area contributed by atoms with Crippen LogP contribution in [0.5, 0.6) is 11.5 Å². The molecule has 6 heteroatoms. The molecule has 0 bridgehead atoms. The van der Waals surface area contributed by atoms with Crippen LogP contribution in [-0.2, 0) is 17.7 Å². The maximum atomic E-state index is 5.88. The Labute approximate surface area is 157 Å². The van der Waals surface area contributed by atoms with Crippen molar-refractivity contribution >= 4 is 5.96 Å². The predicted molar refractivity (Wildman–Crippen MR) is 105 cm³/mol. The molecule has 1 aliphatic rings. The second-order valence-electron chi connectivity index (χ2n) is 6.95. The summed E-state index contributed by atoms with van der Waals surface area (Å²) < 4.78 is 17.3. The van der Waals surface area contributed by atoms with Crippen molar-refractivity contribution in [3.05, 3.63) is 23.3 Å². The third kappa shape index (κ3) is 6.09. The monoisotopic (exact) mass is 363 g/mol. The van der Waals surface area contributed by atoms with Crippen LogP contribution in [0.3, 0.4) is 0 Å². The van der Waals surface area contributed by atoms with Gasteiger partial charge in [-0.3, -0.25) is 4.99 Å². The lowest BCUT2D eigenvalue weighted by atomic mass is 10.1. The van der Waals surface area contributed by atoms with Gasteiger partial charge in [-0.05, 0) is 31.9 Å². The lowest BCUT2D eigenvalue weighted by Gasteiger charge is -2.16. The first-order chi connectivity index (χ1) is 12.5. The Morgan fingerprint density at radius 3 is 2.85 bits per heavy atom. The minimum absolute atomic E-state index is 0.225. The van der Waals surface area contributed by atoms with Crippen molar-refractivity contribution in [2.45, 2.75) is 46.8 Å². The summed E-state index contributed by atoms with van der Waals surface area (Å²) in [5, 5.41) is 6.60. The summed E-state index contributed by atoms with van der Waals surface area (Å²) in [4.78, 5) is 4.26. The molecule has 0 radical (unpaired) electrons. The van der Waals surface area contributed by atoms with Gasteiger partial charge in [-0.25, -0.2) is 0 Å². The van der Waals surface area contributed by atoms with Gasteiger partial charge in [-0.2, -0.15) is 0 Å². The number of guanidine groups is 1. The van der Waals surface area contributed by atoms with Crippen LogP contribution in [-0.4, -0.2) is 45.5 Å². The average molecular weight is 364 g/mol. The Morgan fingerprint density at radius 1 is 1.35 bits per heavy atom. The Balaban J connectivity index is 1.89. The third-order valence-corrected chi connectivity index (χ3v) is 4.04. The zero-order chi connectivity index (χ0) is 18.9. The zero-order valence-electron chi connectivity index (χ0n) is 16.7. The molecular weight excluding hydrogens is 330 g/mol. The van der Waals surface area contributed by atoms with Crippen molar-refractivity contribution in [3.8, 4) is 11.5 Å².